The van der Waals surface area contributed by atoms with Crippen molar-refractivity contribution < 1.29 is 23.9 Å². The first kappa shape index (κ1) is 25.6. The maximum absolute atomic E-state index is 12.0. The zero-order valence-electron chi connectivity index (χ0n) is 19.4. The number of amides is 1. The van der Waals surface area contributed by atoms with Crippen LogP contribution in [0.3, 0.4) is 0 Å². The quantitative estimate of drug-likeness (QED) is 0.314. The summed E-state index contributed by atoms with van der Waals surface area (Å²) in [5.41, 5.74) is 8.20. The number of benzene rings is 2. The molecule has 10 heteroatoms. The Morgan fingerprint density at radius 3 is 2.44 bits per heavy atom. The molecule has 3 aromatic rings. The number of para-hydroxylation sites is 1. The van der Waals surface area contributed by atoms with Crippen molar-refractivity contribution in [1.29, 1.82) is 0 Å². The highest BCUT2D eigenvalue weighted by atomic mass is 33.1. The van der Waals surface area contributed by atoms with Crippen LogP contribution in [0.15, 0.2) is 42.5 Å². The van der Waals surface area contributed by atoms with E-state index in [2.05, 4.69) is 9.97 Å². The molecule has 1 aromatic heterocycles. The number of nitrogens with two attached hydrogens (primary N) is 1. The molecule has 180 valence electrons. The van der Waals surface area contributed by atoms with Crippen LogP contribution in [-0.4, -0.2) is 39.0 Å². The Hall–Kier alpha value is -2.98. The SMILES string of the molecule is CC(COC(=O)OCc1ccc(-c2nc3c(C(N)=O)cccc3[nH]2)cc1)SSC(=O)C(C)(C)C. The van der Waals surface area contributed by atoms with Crippen molar-refractivity contribution in [2.75, 3.05) is 6.61 Å². The lowest BCUT2D eigenvalue weighted by Gasteiger charge is -2.16. The van der Waals surface area contributed by atoms with Gasteiger partial charge in [0.05, 0.1) is 11.1 Å². The normalized spacial score (nSPS) is 12.4. The summed E-state index contributed by atoms with van der Waals surface area (Å²) in [6, 6.07) is 12.5. The van der Waals surface area contributed by atoms with Crippen molar-refractivity contribution in [3.05, 3.63) is 53.6 Å². The van der Waals surface area contributed by atoms with Crippen LogP contribution in [0.5, 0.6) is 0 Å². The minimum absolute atomic E-state index is 0.0537. The minimum atomic E-state index is -0.764. The van der Waals surface area contributed by atoms with E-state index < -0.39 is 17.5 Å². The smallest absolute Gasteiger partial charge is 0.433 e. The number of nitrogens with one attached hydrogen (secondary N) is 1. The number of aromatic nitrogens is 2. The average molecular weight is 502 g/mol. The molecule has 1 atom stereocenters. The van der Waals surface area contributed by atoms with Gasteiger partial charge in [0, 0.05) is 16.2 Å². The minimum Gasteiger partial charge on any atom is -0.433 e. The van der Waals surface area contributed by atoms with E-state index in [-0.39, 0.29) is 23.6 Å². The second-order valence-electron chi connectivity index (χ2n) is 8.73. The third-order valence-corrected chi connectivity index (χ3v) is 7.75. The summed E-state index contributed by atoms with van der Waals surface area (Å²) in [5, 5.41) is 0.0216. The first-order valence-corrected chi connectivity index (χ1v) is 12.8. The van der Waals surface area contributed by atoms with Crippen molar-refractivity contribution in [2.45, 2.75) is 39.6 Å². The number of primary amides is 1. The lowest BCUT2D eigenvalue weighted by Crippen LogP contribution is -2.17. The molecule has 34 heavy (non-hydrogen) atoms. The molecule has 1 heterocycles. The summed E-state index contributed by atoms with van der Waals surface area (Å²) < 4.78 is 10.3. The van der Waals surface area contributed by atoms with Crippen LogP contribution in [0.1, 0.15) is 43.6 Å². The summed E-state index contributed by atoms with van der Waals surface area (Å²) in [7, 11) is 2.54. The van der Waals surface area contributed by atoms with Crippen molar-refractivity contribution in [3.8, 4) is 11.4 Å². The molecule has 0 aliphatic rings. The fourth-order valence-corrected chi connectivity index (χ4v) is 5.07. The van der Waals surface area contributed by atoms with Crippen molar-refractivity contribution in [2.24, 2.45) is 11.1 Å². The van der Waals surface area contributed by atoms with Crippen LogP contribution in [0.2, 0.25) is 0 Å². The van der Waals surface area contributed by atoms with E-state index in [1.165, 1.54) is 21.6 Å². The third-order valence-electron chi connectivity index (χ3n) is 4.70. The average Bonchev–Trinajstić information content (AvgIpc) is 3.23. The van der Waals surface area contributed by atoms with Gasteiger partial charge >= 0.3 is 6.16 Å². The van der Waals surface area contributed by atoms with Gasteiger partial charge in [-0.15, -0.1) is 0 Å². The molecular formula is C24H27N3O5S2. The van der Waals surface area contributed by atoms with Crippen LogP contribution < -0.4 is 5.73 Å². The fraction of sp³-hybridized carbons (Fsp3) is 0.333. The lowest BCUT2D eigenvalue weighted by molar-refractivity contribution is -0.117. The van der Waals surface area contributed by atoms with Gasteiger partial charge in [-0.25, -0.2) is 9.78 Å². The number of nitrogens with zero attached hydrogens (tertiary/aromatic N) is 1. The maximum Gasteiger partial charge on any atom is 0.508 e. The van der Waals surface area contributed by atoms with Gasteiger partial charge in [-0.2, -0.15) is 0 Å². The van der Waals surface area contributed by atoms with Gasteiger partial charge in [0.2, 0.25) is 5.12 Å². The second kappa shape index (κ2) is 11.0. The molecule has 0 aliphatic heterocycles. The van der Waals surface area contributed by atoms with E-state index in [0.717, 1.165) is 16.6 Å². The number of H-pyrrole nitrogens is 1. The lowest BCUT2D eigenvalue weighted by atomic mass is 10.00. The van der Waals surface area contributed by atoms with Gasteiger partial charge in [0.15, 0.2) is 0 Å². The van der Waals surface area contributed by atoms with Gasteiger partial charge < -0.3 is 20.2 Å². The Bertz CT molecular complexity index is 1190. The summed E-state index contributed by atoms with van der Waals surface area (Å²) >= 11 is 0. The maximum atomic E-state index is 12.0. The first-order chi connectivity index (χ1) is 16.0. The number of carbonyl (C=O) groups excluding carboxylic acids is 3. The molecule has 3 rings (SSSR count). The van der Waals surface area contributed by atoms with Crippen LogP contribution >= 0.6 is 21.6 Å². The van der Waals surface area contributed by atoms with Crippen molar-refractivity contribution in [1.82, 2.24) is 9.97 Å². The Morgan fingerprint density at radius 2 is 1.79 bits per heavy atom. The van der Waals surface area contributed by atoms with E-state index in [4.69, 9.17) is 15.2 Å². The van der Waals surface area contributed by atoms with E-state index in [0.29, 0.717) is 16.9 Å². The Morgan fingerprint density at radius 1 is 1.09 bits per heavy atom. The van der Waals surface area contributed by atoms with Crippen molar-refractivity contribution >= 4 is 49.8 Å². The topological polar surface area (TPSA) is 124 Å². The summed E-state index contributed by atoms with van der Waals surface area (Å²) in [6.45, 7) is 7.68. The molecule has 0 radical (unpaired) electrons. The molecular weight excluding hydrogens is 474 g/mol. The van der Waals surface area contributed by atoms with Gasteiger partial charge in [-0.3, -0.25) is 9.59 Å². The number of fused-ring (bicyclic) bond motifs is 1. The van der Waals surface area contributed by atoms with E-state index in [9.17, 15) is 14.4 Å². The van der Waals surface area contributed by atoms with Crippen LogP contribution in [-0.2, 0) is 20.9 Å². The number of rotatable bonds is 8. The number of hydrogen-bond acceptors (Lipinski definition) is 8. The zero-order valence-corrected chi connectivity index (χ0v) is 21.0. The molecule has 0 saturated heterocycles. The number of imidazole rings is 1. The number of ether oxygens (including phenoxy) is 2. The number of carbonyl (C=O) groups is 3. The highest BCUT2D eigenvalue weighted by Crippen LogP contribution is 2.34. The summed E-state index contributed by atoms with van der Waals surface area (Å²) in [4.78, 5) is 43.2. The van der Waals surface area contributed by atoms with E-state index in [1.807, 2.05) is 58.0 Å². The number of aromatic amines is 1. The summed E-state index contributed by atoms with van der Waals surface area (Å²) in [6.07, 6.45) is -0.764. The van der Waals surface area contributed by atoms with Crippen LogP contribution in [0, 0.1) is 5.41 Å². The van der Waals surface area contributed by atoms with Crippen molar-refractivity contribution in [3.63, 3.8) is 0 Å². The van der Waals surface area contributed by atoms with E-state index in [1.54, 1.807) is 12.1 Å². The molecule has 0 fully saturated rings. The first-order valence-electron chi connectivity index (χ1n) is 10.6. The predicted octanol–water partition coefficient (Wildman–Crippen LogP) is 5.32. The standard InChI is InChI=1S/C24H27N3O5S2/c1-14(33-34-22(29)24(2,3)4)12-31-23(30)32-13-15-8-10-16(11-9-15)21-26-18-7-5-6-17(20(25)28)19(18)27-21/h5-11,14H,12-13H2,1-4H3,(H2,25,28)(H,26,27). The zero-order chi connectivity index (χ0) is 24.9. The molecule has 2 aromatic carbocycles. The van der Waals surface area contributed by atoms with E-state index >= 15 is 0 Å². The number of hydrogen-bond donors (Lipinski definition) is 2. The monoisotopic (exact) mass is 501 g/mol. The van der Waals surface area contributed by atoms with Gasteiger partial charge in [-0.1, -0.05) is 61.9 Å². The Balaban J connectivity index is 1.49. The van der Waals surface area contributed by atoms with Gasteiger partial charge in [0.25, 0.3) is 5.91 Å². The highest BCUT2D eigenvalue weighted by Gasteiger charge is 2.23. The second-order valence-corrected chi connectivity index (χ2v) is 11.3. The largest absolute Gasteiger partial charge is 0.508 e. The Kier molecular flexibility index (Phi) is 8.27. The fourth-order valence-electron chi connectivity index (χ4n) is 2.77. The third kappa shape index (κ3) is 6.77. The molecule has 1 unspecified atom stereocenters. The summed E-state index contributed by atoms with van der Waals surface area (Å²) in [5.74, 6) is 0.0676. The highest BCUT2D eigenvalue weighted by molar-refractivity contribution is 8.82. The predicted molar refractivity (Wildman–Crippen MR) is 135 cm³/mol. The molecule has 0 aliphatic carbocycles. The van der Waals surface area contributed by atoms with Gasteiger partial charge in [0.1, 0.15) is 24.6 Å². The molecule has 8 nitrogen and oxygen atoms in total. The molecule has 0 bridgehead atoms. The molecule has 0 spiro atoms. The molecule has 1 amide bonds. The van der Waals surface area contributed by atoms with Crippen LogP contribution in [0.25, 0.3) is 22.4 Å². The molecule has 0 saturated carbocycles. The Labute approximate surface area is 205 Å². The van der Waals surface area contributed by atoms with Crippen LogP contribution in [0.4, 0.5) is 4.79 Å². The molecule has 3 N–H and O–H groups in total. The van der Waals surface area contributed by atoms with Gasteiger partial charge in [-0.05, 0) is 35.4 Å².